The van der Waals surface area contributed by atoms with Gasteiger partial charge in [0, 0.05) is 23.9 Å². The second-order valence-electron chi connectivity index (χ2n) is 7.31. The lowest BCUT2D eigenvalue weighted by molar-refractivity contribution is -0.192. The van der Waals surface area contributed by atoms with Gasteiger partial charge >= 0.3 is 12.1 Å². The minimum Gasteiger partial charge on any atom is -0.497 e. The number of nitrogens with two attached hydrogens (primary N) is 1. The third-order valence-corrected chi connectivity index (χ3v) is 4.39. The molecule has 11 heteroatoms. The number of amides is 2. The number of rotatable bonds is 9. The Morgan fingerprint density at radius 2 is 1.74 bits per heavy atom. The van der Waals surface area contributed by atoms with E-state index in [1.165, 1.54) is 6.08 Å². The molecule has 2 atom stereocenters. The summed E-state index contributed by atoms with van der Waals surface area (Å²) in [5.41, 5.74) is 7.45. The number of aliphatic carboxylic acids is 1. The van der Waals surface area contributed by atoms with Gasteiger partial charge in [-0.15, -0.1) is 0 Å². The number of aryl methyl sites for hydroxylation is 1. The first kappa shape index (κ1) is 29.2. The predicted octanol–water partition coefficient (Wildman–Crippen LogP) is 3.29. The van der Waals surface area contributed by atoms with Gasteiger partial charge in [-0.1, -0.05) is 42.5 Å². The highest BCUT2D eigenvalue weighted by atomic mass is 19.4. The minimum absolute atomic E-state index is 0.254. The number of methoxy groups -OCH3 is 1. The fraction of sp³-hybridized carbons (Fsp3) is 0.292. The molecule has 0 bridgehead atoms. The molecule has 2 rings (SSSR count). The van der Waals surface area contributed by atoms with E-state index in [-0.39, 0.29) is 17.9 Å². The molecule has 0 radical (unpaired) electrons. The highest BCUT2D eigenvalue weighted by Gasteiger charge is 2.38. The quantitative estimate of drug-likeness (QED) is 0.395. The Hall–Kier alpha value is -3.86. The molecule has 0 aliphatic rings. The van der Waals surface area contributed by atoms with Crippen molar-refractivity contribution in [2.24, 2.45) is 5.73 Å². The summed E-state index contributed by atoms with van der Waals surface area (Å²) in [4.78, 5) is 33.1. The van der Waals surface area contributed by atoms with Crippen molar-refractivity contribution in [1.29, 1.82) is 0 Å². The van der Waals surface area contributed by atoms with Crippen LogP contribution in [0, 0.1) is 0 Å². The van der Waals surface area contributed by atoms with Crippen molar-refractivity contribution in [1.82, 2.24) is 5.32 Å². The number of carboxylic acid groups (broad SMARTS) is 1. The molecule has 0 spiro atoms. The second-order valence-corrected chi connectivity index (χ2v) is 7.31. The monoisotopic (exact) mass is 495 g/mol. The molecule has 0 fully saturated rings. The number of carbonyl (C=O) groups excluding carboxylic acids is 2. The van der Waals surface area contributed by atoms with Crippen LogP contribution in [0.1, 0.15) is 18.9 Å². The number of halogens is 3. The van der Waals surface area contributed by atoms with E-state index in [0.717, 1.165) is 12.0 Å². The van der Waals surface area contributed by atoms with Gasteiger partial charge in [-0.05, 0) is 37.5 Å². The molecule has 0 aliphatic carbocycles. The maximum atomic E-state index is 12.2. The molecule has 0 saturated heterocycles. The Kier molecular flexibility index (Phi) is 12.0. The molecule has 35 heavy (non-hydrogen) atoms. The largest absolute Gasteiger partial charge is 0.497 e. The molecule has 5 N–H and O–H groups in total. The summed E-state index contributed by atoms with van der Waals surface area (Å²) in [5, 5.41) is 12.8. The maximum absolute atomic E-state index is 12.2. The topological polar surface area (TPSA) is 131 Å². The summed E-state index contributed by atoms with van der Waals surface area (Å²) in [6.07, 6.45) is -0.534. The number of carboxylic acids is 1. The smallest absolute Gasteiger partial charge is 0.490 e. The summed E-state index contributed by atoms with van der Waals surface area (Å²) in [7, 11) is 1.57. The Labute approximate surface area is 201 Å². The molecule has 0 heterocycles. The third-order valence-electron chi connectivity index (χ3n) is 4.39. The number of alkyl halides is 3. The van der Waals surface area contributed by atoms with Crippen molar-refractivity contribution in [3.63, 3.8) is 0 Å². The highest BCUT2D eigenvalue weighted by molar-refractivity contribution is 5.99. The summed E-state index contributed by atoms with van der Waals surface area (Å²) in [5.74, 6) is -2.64. The van der Waals surface area contributed by atoms with E-state index in [2.05, 4.69) is 10.6 Å². The maximum Gasteiger partial charge on any atom is 0.490 e. The van der Waals surface area contributed by atoms with E-state index in [1.807, 2.05) is 30.3 Å². The van der Waals surface area contributed by atoms with Crippen molar-refractivity contribution in [2.45, 2.75) is 38.0 Å². The summed E-state index contributed by atoms with van der Waals surface area (Å²) in [6.45, 7) is 1.63. The predicted molar refractivity (Wildman–Crippen MR) is 125 cm³/mol. The number of benzene rings is 2. The fourth-order valence-electron chi connectivity index (χ4n) is 2.59. The van der Waals surface area contributed by atoms with Gasteiger partial charge in [0.05, 0.1) is 13.2 Å². The lowest BCUT2D eigenvalue weighted by Crippen LogP contribution is -2.43. The lowest BCUT2D eigenvalue weighted by Gasteiger charge is -2.17. The SMILES string of the molecule is COc1cccc(NC(=O)/C=C/[C@H](CCc2ccccc2)NC(=O)[C@H](C)N)c1.O=C(O)C(F)(F)F. The molecule has 2 aromatic carbocycles. The van der Waals surface area contributed by atoms with Crippen LogP contribution in [-0.4, -0.2) is 48.3 Å². The van der Waals surface area contributed by atoms with E-state index < -0.39 is 18.2 Å². The zero-order valence-electron chi connectivity index (χ0n) is 19.2. The lowest BCUT2D eigenvalue weighted by atomic mass is 10.0. The van der Waals surface area contributed by atoms with Crippen LogP contribution < -0.4 is 21.1 Å². The molecular weight excluding hydrogens is 467 g/mol. The molecule has 0 saturated carbocycles. The van der Waals surface area contributed by atoms with E-state index >= 15 is 0 Å². The van der Waals surface area contributed by atoms with E-state index in [0.29, 0.717) is 17.9 Å². The van der Waals surface area contributed by atoms with Crippen molar-refractivity contribution >= 4 is 23.5 Å². The van der Waals surface area contributed by atoms with Crippen LogP contribution in [0.3, 0.4) is 0 Å². The van der Waals surface area contributed by atoms with E-state index in [4.69, 9.17) is 20.4 Å². The molecule has 8 nitrogen and oxygen atoms in total. The molecule has 0 aliphatic heterocycles. The van der Waals surface area contributed by atoms with Crippen LogP contribution >= 0.6 is 0 Å². The van der Waals surface area contributed by atoms with Crippen LogP contribution in [-0.2, 0) is 20.8 Å². The normalized spacial score (nSPS) is 12.6. The van der Waals surface area contributed by atoms with Crippen molar-refractivity contribution in [2.75, 3.05) is 12.4 Å². The van der Waals surface area contributed by atoms with Gasteiger partial charge < -0.3 is 26.2 Å². The third kappa shape index (κ3) is 12.2. The molecule has 0 unspecified atom stereocenters. The Morgan fingerprint density at radius 3 is 2.29 bits per heavy atom. The van der Waals surface area contributed by atoms with Crippen LogP contribution in [0.25, 0.3) is 0 Å². The second kappa shape index (κ2) is 14.4. The average Bonchev–Trinajstić information content (AvgIpc) is 2.81. The standard InChI is InChI=1S/C22H27N3O3.C2HF3O2/c1-16(23)22(27)25-18(12-11-17-7-4-3-5-8-17)13-14-21(26)24-19-9-6-10-20(15-19)28-2;3-2(4,5)1(6)7/h3-10,13-16,18H,11-12,23H2,1-2H3,(H,24,26)(H,25,27);(H,6,7)/b14-13+;/t16-,18-;/m0./s1. The number of hydrogen-bond acceptors (Lipinski definition) is 5. The van der Waals surface area contributed by atoms with Gasteiger partial charge in [0.15, 0.2) is 0 Å². The van der Waals surface area contributed by atoms with Gasteiger partial charge in [-0.3, -0.25) is 9.59 Å². The molecule has 2 aromatic rings. The van der Waals surface area contributed by atoms with Gasteiger partial charge in [0.1, 0.15) is 5.75 Å². The number of hydrogen-bond donors (Lipinski definition) is 4. The van der Waals surface area contributed by atoms with Gasteiger partial charge in [0.25, 0.3) is 0 Å². The first-order valence-corrected chi connectivity index (χ1v) is 10.5. The van der Waals surface area contributed by atoms with E-state index in [1.54, 1.807) is 44.4 Å². The Bertz CT molecular complexity index is 995. The first-order chi connectivity index (χ1) is 16.4. The number of ether oxygens (including phenoxy) is 1. The number of carbonyl (C=O) groups is 3. The molecular formula is C24H28F3N3O5. The molecule has 0 aromatic heterocycles. The van der Waals surface area contributed by atoms with Gasteiger partial charge in [-0.2, -0.15) is 13.2 Å². The van der Waals surface area contributed by atoms with Crippen molar-refractivity contribution in [3.8, 4) is 5.75 Å². The Morgan fingerprint density at radius 1 is 1.11 bits per heavy atom. The van der Waals surface area contributed by atoms with Crippen LogP contribution in [0.15, 0.2) is 66.7 Å². The molecule has 2 amide bonds. The van der Waals surface area contributed by atoms with Crippen LogP contribution in [0.4, 0.5) is 18.9 Å². The Balaban J connectivity index is 0.000000762. The van der Waals surface area contributed by atoms with Crippen LogP contribution in [0.2, 0.25) is 0 Å². The highest BCUT2D eigenvalue weighted by Crippen LogP contribution is 2.16. The fourth-order valence-corrected chi connectivity index (χ4v) is 2.59. The number of anilines is 1. The van der Waals surface area contributed by atoms with E-state index in [9.17, 15) is 22.8 Å². The van der Waals surface area contributed by atoms with Crippen molar-refractivity contribution < 1.29 is 37.4 Å². The van der Waals surface area contributed by atoms with Crippen molar-refractivity contribution in [3.05, 3.63) is 72.3 Å². The summed E-state index contributed by atoms with van der Waals surface area (Å²) in [6, 6.07) is 16.2. The number of nitrogens with one attached hydrogen (secondary N) is 2. The zero-order chi connectivity index (χ0) is 26.4. The van der Waals surface area contributed by atoms with Gasteiger partial charge in [0.2, 0.25) is 11.8 Å². The summed E-state index contributed by atoms with van der Waals surface area (Å²) >= 11 is 0. The first-order valence-electron chi connectivity index (χ1n) is 10.5. The van der Waals surface area contributed by atoms with Crippen LogP contribution in [0.5, 0.6) is 5.75 Å². The molecule has 190 valence electrons. The van der Waals surface area contributed by atoms with Gasteiger partial charge in [-0.25, -0.2) is 4.79 Å². The zero-order valence-corrected chi connectivity index (χ0v) is 19.2. The average molecular weight is 495 g/mol. The minimum atomic E-state index is -5.08. The summed E-state index contributed by atoms with van der Waals surface area (Å²) < 4.78 is 36.9.